The van der Waals surface area contributed by atoms with Gasteiger partial charge in [-0.2, -0.15) is 0 Å². The Bertz CT molecular complexity index is 962. The van der Waals surface area contributed by atoms with Crippen LogP contribution < -0.4 is 15.8 Å². The van der Waals surface area contributed by atoms with Gasteiger partial charge in [-0.1, -0.05) is 38.3 Å². The number of halogens is 1. The summed E-state index contributed by atoms with van der Waals surface area (Å²) in [4.78, 5) is 30.5. The lowest BCUT2D eigenvalue weighted by molar-refractivity contribution is 0.0950. The highest BCUT2D eigenvalue weighted by atomic mass is 35.5. The zero-order chi connectivity index (χ0) is 23.1. The summed E-state index contributed by atoms with van der Waals surface area (Å²) in [5, 5.41) is 3.45. The summed E-state index contributed by atoms with van der Waals surface area (Å²) in [5.74, 6) is -0.223. The number of aryl methyl sites for hydroxylation is 2. The first-order chi connectivity index (χ1) is 14.7. The molecule has 0 bridgehead atoms. The van der Waals surface area contributed by atoms with Gasteiger partial charge in [0, 0.05) is 46.7 Å². The third-order valence-corrected chi connectivity index (χ3v) is 6.06. The van der Waals surface area contributed by atoms with Crippen molar-refractivity contribution in [1.82, 2.24) is 10.3 Å². The molecule has 0 radical (unpaired) electrons. The molecular weight excluding hydrogens is 410 g/mol. The van der Waals surface area contributed by atoms with Crippen LogP contribution in [0, 0.1) is 20.8 Å². The normalized spacial score (nSPS) is 11.1. The van der Waals surface area contributed by atoms with Crippen molar-refractivity contribution in [1.29, 1.82) is 0 Å². The van der Waals surface area contributed by atoms with E-state index in [2.05, 4.69) is 36.0 Å². The molecule has 0 saturated carbocycles. The molecule has 0 saturated heterocycles. The molecule has 0 aliphatic heterocycles. The van der Waals surface area contributed by atoms with E-state index < -0.39 is 0 Å². The Labute approximate surface area is 191 Å². The second-order valence-electron chi connectivity index (χ2n) is 8.24. The monoisotopic (exact) mass is 445 g/mol. The van der Waals surface area contributed by atoms with Crippen molar-refractivity contribution < 1.29 is 4.79 Å². The standard InChI is InChI=1S/C25H36ClN3O2/c1-7-10-20(11-8-2)29(9-3)23-14-19(26)13-21(18(23)6)24(30)27-15-22-16(4)12-17(5)28-25(22)31/h12-14,20H,7-11,15H2,1-6H3,(H,27,30)(H,28,31). The van der Waals surface area contributed by atoms with Crippen molar-refractivity contribution in [2.75, 3.05) is 11.4 Å². The molecule has 0 aliphatic carbocycles. The summed E-state index contributed by atoms with van der Waals surface area (Å²) in [6.07, 6.45) is 4.42. The smallest absolute Gasteiger partial charge is 0.253 e. The molecule has 0 aliphatic rings. The lowest BCUT2D eigenvalue weighted by atomic mass is 10.00. The number of H-pyrrole nitrogens is 1. The van der Waals surface area contributed by atoms with E-state index in [1.54, 1.807) is 6.07 Å². The van der Waals surface area contributed by atoms with E-state index in [1.807, 2.05) is 32.9 Å². The predicted molar refractivity (Wildman–Crippen MR) is 131 cm³/mol. The number of nitrogens with one attached hydrogen (secondary N) is 2. The molecule has 31 heavy (non-hydrogen) atoms. The number of pyridine rings is 1. The van der Waals surface area contributed by atoms with Crippen LogP contribution in [-0.4, -0.2) is 23.5 Å². The van der Waals surface area contributed by atoms with Crippen molar-refractivity contribution >= 4 is 23.2 Å². The molecule has 170 valence electrons. The van der Waals surface area contributed by atoms with E-state index in [1.165, 1.54) is 0 Å². The number of anilines is 1. The highest BCUT2D eigenvalue weighted by molar-refractivity contribution is 6.31. The molecule has 0 spiro atoms. The zero-order valence-corrected chi connectivity index (χ0v) is 20.4. The molecule has 0 atom stereocenters. The zero-order valence-electron chi connectivity index (χ0n) is 19.7. The van der Waals surface area contributed by atoms with E-state index in [9.17, 15) is 9.59 Å². The molecule has 2 aromatic rings. The molecule has 0 unspecified atom stereocenters. The molecule has 1 amide bonds. The SMILES string of the molecule is CCCC(CCC)N(CC)c1cc(Cl)cc(C(=O)NCc2c(C)cc(C)[nH]c2=O)c1C. The molecule has 6 heteroatoms. The predicted octanol–water partition coefficient (Wildman–Crippen LogP) is 5.68. The van der Waals surface area contributed by atoms with Crippen LogP contribution in [-0.2, 0) is 6.54 Å². The number of carbonyl (C=O) groups excluding carboxylic acids is 1. The van der Waals surface area contributed by atoms with Gasteiger partial charge in [-0.15, -0.1) is 0 Å². The number of carbonyl (C=O) groups is 1. The summed E-state index contributed by atoms with van der Waals surface area (Å²) >= 11 is 6.45. The maximum Gasteiger partial charge on any atom is 0.253 e. The van der Waals surface area contributed by atoms with Gasteiger partial charge in [-0.05, 0) is 69.9 Å². The van der Waals surface area contributed by atoms with Crippen LogP contribution in [0.1, 0.15) is 79.2 Å². The minimum Gasteiger partial charge on any atom is -0.369 e. The largest absolute Gasteiger partial charge is 0.369 e. The molecule has 1 heterocycles. The van der Waals surface area contributed by atoms with Gasteiger partial charge in [0.2, 0.25) is 0 Å². The number of aromatic amines is 1. The molecule has 2 rings (SSSR count). The maximum atomic E-state index is 13.1. The van der Waals surface area contributed by atoms with E-state index >= 15 is 0 Å². The van der Waals surface area contributed by atoms with Gasteiger partial charge >= 0.3 is 0 Å². The highest BCUT2D eigenvalue weighted by Crippen LogP contribution is 2.31. The van der Waals surface area contributed by atoms with Crippen molar-refractivity contribution in [2.45, 2.75) is 79.8 Å². The summed E-state index contributed by atoms with van der Waals surface area (Å²) in [6, 6.07) is 6.00. The van der Waals surface area contributed by atoms with Crippen molar-refractivity contribution in [2.24, 2.45) is 0 Å². The molecular formula is C25H36ClN3O2. The maximum absolute atomic E-state index is 13.1. The van der Waals surface area contributed by atoms with E-state index in [0.29, 0.717) is 22.2 Å². The number of rotatable bonds is 10. The quantitative estimate of drug-likeness (QED) is 0.494. The van der Waals surface area contributed by atoms with Gasteiger partial charge in [0.25, 0.3) is 11.5 Å². The van der Waals surface area contributed by atoms with Crippen LogP contribution in [0.15, 0.2) is 23.0 Å². The summed E-state index contributed by atoms with van der Waals surface area (Å²) in [5.41, 5.74) is 4.55. The van der Waals surface area contributed by atoms with Gasteiger partial charge in [0.05, 0.1) is 0 Å². The summed E-state index contributed by atoms with van der Waals surface area (Å²) < 4.78 is 0. The Morgan fingerprint density at radius 2 is 1.74 bits per heavy atom. The Balaban J connectivity index is 2.34. The molecule has 1 aromatic carbocycles. The fraction of sp³-hybridized carbons (Fsp3) is 0.520. The van der Waals surface area contributed by atoms with Crippen LogP contribution in [0.4, 0.5) is 5.69 Å². The summed E-state index contributed by atoms with van der Waals surface area (Å²) in [6.45, 7) is 13.3. The summed E-state index contributed by atoms with van der Waals surface area (Å²) in [7, 11) is 0. The minimum absolute atomic E-state index is 0.166. The van der Waals surface area contributed by atoms with Crippen molar-refractivity contribution in [3.63, 3.8) is 0 Å². The Kier molecular flexibility index (Phi) is 9.17. The first kappa shape index (κ1) is 25.0. The number of benzene rings is 1. The number of amides is 1. The van der Waals surface area contributed by atoms with Gasteiger partial charge in [0.15, 0.2) is 0 Å². The molecule has 1 aromatic heterocycles. The van der Waals surface area contributed by atoms with Crippen LogP contribution >= 0.6 is 11.6 Å². The number of nitrogens with zero attached hydrogens (tertiary/aromatic N) is 1. The first-order valence-corrected chi connectivity index (χ1v) is 11.7. The van der Waals surface area contributed by atoms with E-state index in [4.69, 9.17) is 11.6 Å². The fourth-order valence-electron chi connectivity index (χ4n) is 4.31. The fourth-order valence-corrected chi connectivity index (χ4v) is 4.52. The Morgan fingerprint density at radius 3 is 2.29 bits per heavy atom. The average Bonchev–Trinajstić information content (AvgIpc) is 2.70. The molecule has 0 fully saturated rings. The highest BCUT2D eigenvalue weighted by Gasteiger charge is 2.22. The van der Waals surface area contributed by atoms with Crippen molar-refractivity contribution in [3.05, 3.63) is 61.5 Å². The van der Waals surface area contributed by atoms with Crippen LogP contribution in [0.5, 0.6) is 0 Å². The lowest BCUT2D eigenvalue weighted by Crippen LogP contribution is -2.36. The average molecular weight is 446 g/mol. The first-order valence-electron chi connectivity index (χ1n) is 11.3. The van der Waals surface area contributed by atoms with Gasteiger partial charge < -0.3 is 15.2 Å². The molecule has 5 nitrogen and oxygen atoms in total. The Morgan fingerprint density at radius 1 is 1.10 bits per heavy atom. The second-order valence-corrected chi connectivity index (χ2v) is 8.68. The topological polar surface area (TPSA) is 65.2 Å². The Hall–Kier alpha value is -2.27. The number of aromatic nitrogens is 1. The minimum atomic E-state index is -0.223. The molecule has 2 N–H and O–H groups in total. The van der Waals surface area contributed by atoms with Crippen molar-refractivity contribution in [3.8, 4) is 0 Å². The number of hydrogen-bond acceptors (Lipinski definition) is 3. The van der Waals surface area contributed by atoms with Gasteiger partial charge in [0.1, 0.15) is 0 Å². The number of hydrogen-bond donors (Lipinski definition) is 2. The second kappa shape index (κ2) is 11.4. The van der Waals surface area contributed by atoms with Crippen LogP contribution in [0.3, 0.4) is 0 Å². The van der Waals surface area contributed by atoms with Crippen LogP contribution in [0.2, 0.25) is 5.02 Å². The third kappa shape index (κ3) is 6.13. The van der Waals surface area contributed by atoms with E-state index in [-0.39, 0.29) is 18.0 Å². The van der Waals surface area contributed by atoms with E-state index in [0.717, 1.165) is 54.7 Å². The third-order valence-electron chi connectivity index (χ3n) is 5.84. The van der Waals surface area contributed by atoms with Crippen LogP contribution in [0.25, 0.3) is 0 Å². The van der Waals surface area contributed by atoms with Gasteiger partial charge in [-0.3, -0.25) is 9.59 Å². The van der Waals surface area contributed by atoms with Gasteiger partial charge in [-0.25, -0.2) is 0 Å². The lowest BCUT2D eigenvalue weighted by Gasteiger charge is -2.34.